The fourth-order valence-corrected chi connectivity index (χ4v) is 2.35. The van der Waals surface area contributed by atoms with Crippen LogP contribution in [0.15, 0.2) is 28.7 Å². The SMILES string of the molecule is O=C1CSCC(=O)N1c1ccc(Br)cc1. The quantitative estimate of drug-likeness (QED) is 0.742. The van der Waals surface area contributed by atoms with Gasteiger partial charge in [0.1, 0.15) is 0 Å². The predicted octanol–water partition coefficient (Wildman–Crippen LogP) is 2.06. The first-order valence-corrected chi connectivity index (χ1v) is 6.32. The molecule has 1 saturated heterocycles. The molecule has 0 aliphatic carbocycles. The monoisotopic (exact) mass is 285 g/mol. The van der Waals surface area contributed by atoms with Crippen molar-refractivity contribution in [3.63, 3.8) is 0 Å². The van der Waals surface area contributed by atoms with E-state index in [1.165, 1.54) is 16.7 Å². The van der Waals surface area contributed by atoms with Gasteiger partial charge >= 0.3 is 0 Å². The van der Waals surface area contributed by atoms with Crippen molar-refractivity contribution < 1.29 is 9.59 Å². The number of benzene rings is 1. The molecule has 15 heavy (non-hydrogen) atoms. The van der Waals surface area contributed by atoms with E-state index in [4.69, 9.17) is 0 Å². The van der Waals surface area contributed by atoms with Crippen LogP contribution >= 0.6 is 27.7 Å². The summed E-state index contributed by atoms with van der Waals surface area (Å²) in [5, 5.41) is 0. The molecule has 0 atom stereocenters. The van der Waals surface area contributed by atoms with Crippen molar-refractivity contribution in [3.8, 4) is 0 Å². The molecule has 1 fully saturated rings. The molecular weight excluding hydrogens is 278 g/mol. The number of amides is 2. The Kier molecular flexibility index (Phi) is 3.11. The van der Waals surface area contributed by atoms with Gasteiger partial charge in [-0.05, 0) is 24.3 Å². The van der Waals surface area contributed by atoms with Crippen LogP contribution in [0.4, 0.5) is 5.69 Å². The third kappa shape index (κ3) is 2.23. The maximum absolute atomic E-state index is 11.6. The number of anilines is 1. The van der Waals surface area contributed by atoms with Crippen molar-refractivity contribution in [1.82, 2.24) is 0 Å². The molecule has 1 aliphatic heterocycles. The Balaban J connectivity index is 2.31. The van der Waals surface area contributed by atoms with Crippen molar-refractivity contribution in [2.45, 2.75) is 0 Å². The average Bonchev–Trinajstić information content (AvgIpc) is 2.20. The van der Waals surface area contributed by atoms with Gasteiger partial charge in [0.05, 0.1) is 17.2 Å². The van der Waals surface area contributed by atoms with E-state index in [1.54, 1.807) is 12.1 Å². The van der Waals surface area contributed by atoms with E-state index < -0.39 is 0 Å². The summed E-state index contributed by atoms with van der Waals surface area (Å²) in [5.74, 6) is 0.473. The Morgan fingerprint density at radius 1 is 1.07 bits per heavy atom. The van der Waals surface area contributed by atoms with Gasteiger partial charge in [-0.15, -0.1) is 11.8 Å². The minimum atomic E-state index is -0.140. The largest absolute Gasteiger partial charge is 0.273 e. The number of thioether (sulfide) groups is 1. The van der Waals surface area contributed by atoms with E-state index in [0.717, 1.165) is 4.47 Å². The molecule has 1 aromatic carbocycles. The Morgan fingerprint density at radius 2 is 1.60 bits per heavy atom. The number of halogens is 1. The van der Waals surface area contributed by atoms with Gasteiger partial charge < -0.3 is 0 Å². The number of hydrogen-bond acceptors (Lipinski definition) is 3. The van der Waals surface area contributed by atoms with Gasteiger partial charge in [-0.3, -0.25) is 9.59 Å². The minimum Gasteiger partial charge on any atom is -0.273 e. The highest BCUT2D eigenvalue weighted by Crippen LogP contribution is 2.23. The summed E-state index contributed by atoms with van der Waals surface area (Å²) in [6.45, 7) is 0. The highest BCUT2D eigenvalue weighted by Gasteiger charge is 2.27. The molecule has 1 aliphatic rings. The highest BCUT2D eigenvalue weighted by molar-refractivity contribution is 9.10. The third-order valence-electron chi connectivity index (χ3n) is 2.03. The van der Waals surface area contributed by atoms with Crippen molar-refractivity contribution in [2.24, 2.45) is 0 Å². The van der Waals surface area contributed by atoms with Crippen molar-refractivity contribution in [1.29, 1.82) is 0 Å². The van der Waals surface area contributed by atoms with Gasteiger partial charge in [0.15, 0.2) is 0 Å². The molecule has 0 N–H and O–H groups in total. The molecule has 5 heteroatoms. The molecule has 2 amide bonds. The van der Waals surface area contributed by atoms with E-state index in [1.807, 2.05) is 12.1 Å². The summed E-state index contributed by atoms with van der Waals surface area (Å²) in [6, 6.07) is 7.15. The molecule has 3 nitrogen and oxygen atoms in total. The van der Waals surface area contributed by atoms with E-state index in [9.17, 15) is 9.59 Å². The van der Waals surface area contributed by atoms with Gasteiger partial charge in [-0.25, -0.2) is 4.90 Å². The van der Waals surface area contributed by atoms with Crippen LogP contribution in [0.25, 0.3) is 0 Å². The standard InChI is InChI=1S/C10H8BrNO2S/c11-7-1-3-8(4-2-7)12-9(13)5-15-6-10(12)14/h1-4H,5-6H2. The molecule has 1 aromatic rings. The van der Waals surface area contributed by atoms with Crippen molar-refractivity contribution >= 4 is 45.2 Å². The Hall–Kier alpha value is -0.810. The number of carbonyl (C=O) groups excluding carboxylic acids is 2. The maximum Gasteiger partial charge on any atom is 0.243 e. The van der Waals surface area contributed by atoms with Gasteiger partial charge in [0, 0.05) is 4.47 Å². The number of hydrogen-bond donors (Lipinski definition) is 0. The van der Waals surface area contributed by atoms with Gasteiger partial charge in [0.2, 0.25) is 11.8 Å². The van der Waals surface area contributed by atoms with E-state index >= 15 is 0 Å². The van der Waals surface area contributed by atoms with Crippen LogP contribution in [0.1, 0.15) is 0 Å². The second-order valence-corrected chi connectivity index (χ2v) is 4.99. The van der Waals surface area contributed by atoms with E-state index in [0.29, 0.717) is 17.2 Å². The fourth-order valence-electron chi connectivity index (χ4n) is 1.37. The van der Waals surface area contributed by atoms with Crippen LogP contribution in [-0.4, -0.2) is 23.3 Å². The lowest BCUT2D eigenvalue weighted by Gasteiger charge is -2.24. The van der Waals surface area contributed by atoms with Crippen LogP contribution in [-0.2, 0) is 9.59 Å². The first-order chi connectivity index (χ1) is 7.18. The average molecular weight is 286 g/mol. The smallest absolute Gasteiger partial charge is 0.243 e. The fraction of sp³-hybridized carbons (Fsp3) is 0.200. The second kappa shape index (κ2) is 4.37. The van der Waals surface area contributed by atoms with Crippen molar-refractivity contribution in [2.75, 3.05) is 16.4 Å². The zero-order valence-corrected chi connectivity index (χ0v) is 10.2. The molecule has 0 unspecified atom stereocenters. The number of rotatable bonds is 1. The topological polar surface area (TPSA) is 37.4 Å². The van der Waals surface area contributed by atoms with Gasteiger partial charge in [-0.2, -0.15) is 0 Å². The summed E-state index contributed by atoms with van der Waals surface area (Å²) < 4.78 is 0.928. The molecule has 78 valence electrons. The molecule has 0 aromatic heterocycles. The first kappa shape index (κ1) is 10.7. The van der Waals surface area contributed by atoms with Crippen molar-refractivity contribution in [3.05, 3.63) is 28.7 Å². The Morgan fingerprint density at radius 3 is 2.13 bits per heavy atom. The van der Waals surface area contributed by atoms with Crippen LogP contribution in [0, 0.1) is 0 Å². The molecular formula is C10H8BrNO2S. The molecule has 0 bridgehead atoms. The predicted molar refractivity (Wildman–Crippen MR) is 64.0 cm³/mol. The summed E-state index contributed by atoms with van der Waals surface area (Å²) in [7, 11) is 0. The molecule has 0 saturated carbocycles. The van der Waals surface area contributed by atoms with E-state index in [-0.39, 0.29) is 11.8 Å². The second-order valence-electron chi connectivity index (χ2n) is 3.09. The third-order valence-corrected chi connectivity index (χ3v) is 3.47. The number of imide groups is 1. The molecule has 0 spiro atoms. The van der Waals surface area contributed by atoms with Crippen LogP contribution < -0.4 is 4.90 Å². The Labute approximate surface area is 100.0 Å². The Bertz CT molecular complexity index is 388. The lowest BCUT2D eigenvalue weighted by atomic mass is 10.3. The zero-order chi connectivity index (χ0) is 10.8. The van der Waals surface area contributed by atoms with E-state index in [2.05, 4.69) is 15.9 Å². The maximum atomic E-state index is 11.6. The summed E-state index contributed by atoms with van der Waals surface area (Å²) in [5.41, 5.74) is 0.647. The lowest BCUT2D eigenvalue weighted by Crippen LogP contribution is -2.43. The summed E-state index contributed by atoms with van der Waals surface area (Å²) in [6.07, 6.45) is 0. The van der Waals surface area contributed by atoms with Crippen LogP contribution in [0.5, 0.6) is 0 Å². The molecule has 0 radical (unpaired) electrons. The van der Waals surface area contributed by atoms with Crippen LogP contribution in [0.2, 0.25) is 0 Å². The zero-order valence-electron chi connectivity index (χ0n) is 7.77. The van der Waals surface area contributed by atoms with Gasteiger partial charge in [0.25, 0.3) is 0 Å². The van der Waals surface area contributed by atoms with Crippen LogP contribution in [0.3, 0.4) is 0 Å². The molecule has 1 heterocycles. The lowest BCUT2D eigenvalue weighted by molar-refractivity contribution is -0.124. The molecule has 2 rings (SSSR count). The highest BCUT2D eigenvalue weighted by atomic mass is 79.9. The summed E-state index contributed by atoms with van der Waals surface area (Å²) in [4.78, 5) is 24.4. The van der Waals surface area contributed by atoms with Gasteiger partial charge in [-0.1, -0.05) is 15.9 Å². The summed E-state index contributed by atoms with van der Waals surface area (Å²) >= 11 is 4.67. The first-order valence-electron chi connectivity index (χ1n) is 4.37. The minimum absolute atomic E-state index is 0.140. The normalized spacial score (nSPS) is 17.0. The number of nitrogens with zero attached hydrogens (tertiary/aromatic N) is 1. The number of carbonyl (C=O) groups is 2.